The molecule has 0 radical (unpaired) electrons. The molecule has 1 aliphatic heterocycles. The number of hydrogen-bond acceptors (Lipinski definition) is 3. The van der Waals surface area contributed by atoms with Crippen LogP contribution in [0.1, 0.15) is 53.9 Å². The van der Waals surface area contributed by atoms with Crippen LogP contribution in [0.5, 0.6) is 0 Å². The summed E-state index contributed by atoms with van der Waals surface area (Å²) in [5.74, 6) is 0.826. The Hall–Kier alpha value is -0.610. The van der Waals surface area contributed by atoms with E-state index >= 15 is 0 Å². The van der Waals surface area contributed by atoms with E-state index in [9.17, 15) is 4.79 Å². The van der Waals surface area contributed by atoms with Crippen LogP contribution in [0.25, 0.3) is 0 Å². The predicted octanol–water partition coefficient (Wildman–Crippen LogP) is 2.00. The standard InChI is InChI=1S/C16H33N3O/c1-6-16(4,5)18-15(20)12-19(13(2)3)11-14-8-7-9-17-10-14/h13-14,17H,6-12H2,1-5H3,(H,18,20). The maximum absolute atomic E-state index is 12.2. The van der Waals surface area contributed by atoms with E-state index in [1.807, 2.05) is 0 Å². The fourth-order valence-electron chi connectivity index (χ4n) is 2.56. The van der Waals surface area contributed by atoms with Crippen LogP contribution in [-0.4, -0.2) is 48.6 Å². The van der Waals surface area contributed by atoms with Gasteiger partial charge in [-0.15, -0.1) is 0 Å². The van der Waals surface area contributed by atoms with Gasteiger partial charge in [0.15, 0.2) is 0 Å². The van der Waals surface area contributed by atoms with Gasteiger partial charge in [-0.3, -0.25) is 9.69 Å². The molecule has 118 valence electrons. The number of carbonyl (C=O) groups is 1. The van der Waals surface area contributed by atoms with Crippen LogP contribution in [0.2, 0.25) is 0 Å². The molecule has 0 aromatic heterocycles. The van der Waals surface area contributed by atoms with Gasteiger partial charge < -0.3 is 10.6 Å². The number of amides is 1. The molecule has 0 aliphatic carbocycles. The fourth-order valence-corrected chi connectivity index (χ4v) is 2.56. The van der Waals surface area contributed by atoms with Crippen LogP contribution in [-0.2, 0) is 4.79 Å². The number of nitrogens with zero attached hydrogens (tertiary/aromatic N) is 1. The van der Waals surface area contributed by atoms with Gasteiger partial charge in [0.05, 0.1) is 6.54 Å². The first-order valence-corrected chi connectivity index (χ1v) is 8.10. The van der Waals surface area contributed by atoms with E-state index in [4.69, 9.17) is 0 Å². The molecule has 1 saturated heterocycles. The summed E-state index contributed by atoms with van der Waals surface area (Å²) in [6.45, 7) is 14.4. The molecule has 1 unspecified atom stereocenters. The number of nitrogens with one attached hydrogen (secondary N) is 2. The van der Waals surface area contributed by atoms with Gasteiger partial charge in [-0.1, -0.05) is 6.92 Å². The Morgan fingerprint density at radius 1 is 1.45 bits per heavy atom. The Labute approximate surface area is 124 Å². The predicted molar refractivity (Wildman–Crippen MR) is 84.8 cm³/mol. The van der Waals surface area contributed by atoms with Crippen molar-refractivity contribution in [3.63, 3.8) is 0 Å². The Morgan fingerprint density at radius 3 is 2.65 bits per heavy atom. The molecule has 1 rings (SSSR count). The monoisotopic (exact) mass is 283 g/mol. The normalized spacial score (nSPS) is 20.4. The van der Waals surface area contributed by atoms with Gasteiger partial charge in [0.2, 0.25) is 5.91 Å². The molecule has 0 aromatic carbocycles. The Bertz CT molecular complexity index is 296. The lowest BCUT2D eigenvalue weighted by atomic mass is 9.98. The Balaban J connectivity index is 2.47. The van der Waals surface area contributed by atoms with Gasteiger partial charge in [0, 0.05) is 18.1 Å². The third kappa shape index (κ3) is 6.23. The summed E-state index contributed by atoms with van der Waals surface area (Å²) in [6.07, 6.45) is 3.48. The molecule has 20 heavy (non-hydrogen) atoms. The largest absolute Gasteiger partial charge is 0.350 e. The van der Waals surface area contributed by atoms with Crippen molar-refractivity contribution in [2.45, 2.75) is 65.5 Å². The molecular formula is C16H33N3O. The second-order valence-corrected chi connectivity index (χ2v) is 7.02. The Morgan fingerprint density at radius 2 is 2.15 bits per heavy atom. The molecule has 1 fully saturated rings. The minimum absolute atomic E-state index is 0.105. The average molecular weight is 283 g/mol. The highest BCUT2D eigenvalue weighted by molar-refractivity contribution is 5.78. The number of carbonyl (C=O) groups excluding carboxylic acids is 1. The summed E-state index contributed by atoms with van der Waals surface area (Å²) >= 11 is 0. The lowest BCUT2D eigenvalue weighted by Crippen LogP contribution is -2.50. The highest BCUT2D eigenvalue weighted by Gasteiger charge is 2.23. The van der Waals surface area contributed by atoms with Gasteiger partial charge >= 0.3 is 0 Å². The second kappa shape index (κ2) is 7.99. The molecule has 1 atom stereocenters. The van der Waals surface area contributed by atoms with Crippen molar-refractivity contribution in [2.24, 2.45) is 5.92 Å². The van der Waals surface area contributed by atoms with E-state index in [-0.39, 0.29) is 11.4 Å². The fraction of sp³-hybridized carbons (Fsp3) is 0.938. The zero-order valence-electron chi connectivity index (χ0n) is 14.0. The van der Waals surface area contributed by atoms with Crippen molar-refractivity contribution in [1.82, 2.24) is 15.5 Å². The Kier molecular flexibility index (Phi) is 6.96. The molecule has 0 aromatic rings. The number of rotatable bonds is 7. The van der Waals surface area contributed by atoms with Gasteiger partial charge in [-0.2, -0.15) is 0 Å². The van der Waals surface area contributed by atoms with Crippen molar-refractivity contribution in [1.29, 1.82) is 0 Å². The first-order chi connectivity index (χ1) is 9.34. The van der Waals surface area contributed by atoms with E-state index in [1.54, 1.807) is 0 Å². The summed E-state index contributed by atoms with van der Waals surface area (Å²) in [7, 11) is 0. The first-order valence-electron chi connectivity index (χ1n) is 8.10. The van der Waals surface area contributed by atoms with Crippen molar-refractivity contribution >= 4 is 5.91 Å². The van der Waals surface area contributed by atoms with Crippen molar-refractivity contribution < 1.29 is 4.79 Å². The van der Waals surface area contributed by atoms with Crippen LogP contribution in [0, 0.1) is 5.92 Å². The average Bonchev–Trinajstić information content (AvgIpc) is 2.38. The second-order valence-electron chi connectivity index (χ2n) is 7.02. The molecule has 1 heterocycles. The van der Waals surface area contributed by atoms with Gasteiger partial charge in [-0.05, 0) is 66.0 Å². The number of piperidine rings is 1. The van der Waals surface area contributed by atoms with E-state index in [1.165, 1.54) is 12.8 Å². The first kappa shape index (κ1) is 17.4. The zero-order valence-corrected chi connectivity index (χ0v) is 14.0. The van der Waals surface area contributed by atoms with Crippen LogP contribution >= 0.6 is 0 Å². The molecule has 2 N–H and O–H groups in total. The zero-order chi connectivity index (χ0) is 15.2. The molecule has 1 aliphatic rings. The molecule has 0 bridgehead atoms. The third-order valence-electron chi connectivity index (χ3n) is 4.33. The van der Waals surface area contributed by atoms with Crippen LogP contribution in [0.4, 0.5) is 0 Å². The summed E-state index contributed by atoms with van der Waals surface area (Å²) in [5, 5.41) is 6.58. The van der Waals surface area contributed by atoms with E-state index in [0.717, 1.165) is 26.1 Å². The lowest BCUT2D eigenvalue weighted by Gasteiger charge is -2.33. The van der Waals surface area contributed by atoms with Crippen molar-refractivity contribution in [2.75, 3.05) is 26.2 Å². The molecule has 0 saturated carbocycles. The summed E-state index contributed by atoms with van der Waals surface area (Å²) in [4.78, 5) is 14.5. The molecule has 4 nitrogen and oxygen atoms in total. The van der Waals surface area contributed by atoms with Crippen molar-refractivity contribution in [3.8, 4) is 0 Å². The third-order valence-corrected chi connectivity index (χ3v) is 4.33. The summed E-state index contributed by atoms with van der Waals surface area (Å²) < 4.78 is 0. The quantitative estimate of drug-likeness (QED) is 0.751. The van der Waals surface area contributed by atoms with Gasteiger partial charge in [-0.25, -0.2) is 0 Å². The smallest absolute Gasteiger partial charge is 0.234 e. The van der Waals surface area contributed by atoms with Gasteiger partial charge in [0.1, 0.15) is 0 Å². The topological polar surface area (TPSA) is 44.4 Å². The minimum Gasteiger partial charge on any atom is -0.350 e. The maximum Gasteiger partial charge on any atom is 0.234 e. The van der Waals surface area contributed by atoms with Crippen LogP contribution < -0.4 is 10.6 Å². The van der Waals surface area contributed by atoms with E-state index < -0.39 is 0 Å². The van der Waals surface area contributed by atoms with Crippen LogP contribution in [0.3, 0.4) is 0 Å². The lowest BCUT2D eigenvalue weighted by molar-refractivity contribution is -0.124. The molecule has 0 spiro atoms. The molecule has 4 heteroatoms. The SMILES string of the molecule is CCC(C)(C)NC(=O)CN(CC1CCCNC1)C(C)C. The van der Waals surface area contributed by atoms with E-state index in [0.29, 0.717) is 18.5 Å². The maximum atomic E-state index is 12.2. The van der Waals surface area contributed by atoms with Crippen LogP contribution in [0.15, 0.2) is 0 Å². The minimum atomic E-state index is -0.105. The highest BCUT2D eigenvalue weighted by atomic mass is 16.2. The molecule has 1 amide bonds. The summed E-state index contributed by atoms with van der Waals surface area (Å²) in [5.41, 5.74) is -0.105. The van der Waals surface area contributed by atoms with E-state index in [2.05, 4.69) is 50.2 Å². The highest BCUT2D eigenvalue weighted by Crippen LogP contribution is 2.14. The number of hydrogen-bond donors (Lipinski definition) is 2. The molecular weight excluding hydrogens is 250 g/mol. The van der Waals surface area contributed by atoms with Crippen molar-refractivity contribution in [3.05, 3.63) is 0 Å². The van der Waals surface area contributed by atoms with Gasteiger partial charge in [0.25, 0.3) is 0 Å². The summed E-state index contributed by atoms with van der Waals surface area (Å²) in [6, 6.07) is 0.410.